The maximum Gasteiger partial charge on any atom is 0.0350 e. The molecule has 0 bridgehead atoms. The number of hydrogen-bond donors (Lipinski definition) is 0. The highest BCUT2D eigenvalue weighted by Crippen LogP contribution is 2.50. The van der Waals surface area contributed by atoms with Gasteiger partial charge in [0.05, 0.1) is 0 Å². The van der Waals surface area contributed by atoms with Crippen molar-refractivity contribution in [2.24, 2.45) is 10.8 Å². The van der Waals surface area contributed by atoms with Crippen LogP contribution < -0.4 is 0 Å². The minimum absolute atomic E-state index is 0.706. The molecular weight excluding hydrogens is 318 g/mol. The van der Waals surface area contributed by atoms with Crippen molar-refractivity contribution >= 4 is 0 Å². The first kappa shape index (κ1) is 20.6. The van der Waals surface area contributed by atoms with E-state index in [0.717, 1.165) is 17.5 Å². The molecule has 1 aliphatic carbocycles. The first-order valence-corrected chi connectivity index (χ1v) is 11.7. The number of nitrogens with zero attached hydrogens (tertiary/aromatic N) is 3. The van der Waals surface area contributed by atoms with E-state index in [-0.39, 0.29) is 0 Å². The molecule has 0 unspecified atom stereocenters. The Bertz CT molecular complexity index is 419. The van der Waals surface area contributed by atoms with Crippen LogP contribution in [0, 0.1) is 10.8 Å². The summed E-state index contributed by atoms with van der Waals surface area (Å²) in [7, 11) is 0. The molecule has 0 amide bonds. The van der Waals surface area contributed by atoms with Crippen molar-refractivity contribution in [2.45, 2.75) is 91.6 Å². The van der Waals surface area contributed by atoms with Gasteiger partial charge in [-0.25, -0.2) is 0 Å². The summed E-state index contributed by atoms with van der Waals surface area (Å²) >= 11 is 0. The number of likely N-dealkylation sites (tertiary alicyclic amines) is 3. The summed E-state index contributed by atoms with van der Waals surface area (Å²) < 4.78 is 0. The Labute approximate surface area is 163 Å². The van der Waals surface area contributed by atoms with Gasteiger partial charge in [-0.2, -0.15) is 0 Å². The van der Waals surface area contributed by atoms with E-state index in [9.17, 15) is 0 Å². The number of piperidine rings is 2. The van der Waals surface area contributed by atoms with Crippen LogP contribution in [0.25, 0.3) is 0 Å². The average molecular weight is 364 g/mol. The van der Waals surface area contributed by atoms with E-state index in [4.69, 9.17) is 0 Å². The minimum Gasteiger partial charge on any atom is -0.303 e. The molecule has 0 aromatic carbocycles. The molecule has 3 heterocycles. The van der Waals surface area contributed by atoms with Crippen molar-refractivity contribution in [1.82, 2.24) is 14.7 Å². The van der Waals surface area contributed by atoms with Crippen molar-refractivity contribution in [2.75, 3.05) is 45.8 Å². The van der Waals surface area contributed by atoms with Crippen LogP contribution in [0.3, 0.4) is 0 Å². The second-order valence-corrected chi connectivity index (χ2v) is 9.87. The van der Waals surface area contributed by atoms with Crippen LogP contribution in [0.15, 0.2) is 0 Å². The van der Waals surface area contributed by atoms with E-state index in [2.05, 4.69) is 35.5 Å². The molecule has 4 aliphatic rings. The van der Waals surface area contributed by atoms with Crippen molar-refractivity contribution < 1.29 is 0 Å². The van der Waals surface area contributed by atoms with Gasteiger partial charge in [0, 0.05) is 31.7 Å². The Hall–Kier alpha value is -0.120. The van der Waals surface area contributed by atoms with Gasteiger partial charge in [0.25, 0.3) is 0 Å². The van der Waals surface area contributed by atoms with Gasteiger partial charge in [-0.05, 0) is 95.8 Å². The normalized spacial score (nSPS) is 29.3. The van der Waals surface area contributed by atoms with Gasteiger partial charge in [-0.15, -0.1) is 0 Å². The van der Waals surface area contributed by atoms with E-state index in [1.807, 2.05) is 13.8 Å². The predicted molar refractivity (Wildman–Crippen MR) is 113 cm³/mol. The van der Waals surface area contributed by atoms with Gasteiger partial charge in [-0.3, -0.25) is 9.80 Å². The van der Waals surface area contributed by atoms with E-state index in [0.29, 0.717) is 5.41 Å². The fourth-order valence-electron chi connectivity index (χ4n) is 5.46. The maximum atomic E-state index is 2.81. The molecule has 3 aliphatic heterocycles. The lowest BCUT2D eigenvalue weighted by Gasteiger charge is -2.53. The second kappa shape index (κ2) is 8.49. The molecule has 1 saturated carbocycles. The topological polar surface area (TPSA) is 9.72 Å². The lowest BCUT2D eigenvalue weighted by Crippen LogP contribution is -2.63. The summed E-state index contributed by atoms with van der Waals surface area (Å²) in [6.07, 6.45) is 10.3. The molecule has 1 spiro atoms. The smallest absolute Gasteiger partial charge is 0.0350 e. The van der Waals surface area contributed by atoms with Crippen LogP contribution in [0.4, 0.5) is 0 Å². The highest BCUT2D eigenvalue weighted by Gasteiger charge is 2.45. The summed E-state index contributed by atoms with van der Waals surface area (Å²) in [5.41, 5.74) is 1.44. The van der Waals surface area contributed by atoms with Crippen molar-refractivity contribution in [3.8, 4) is 0 Å². The number of rotatable bonds is 5. The van der Waals surface area contributed by atoms with E-state index in [1.165, 1.54) is 90.8 Å². The van der Waals surface area contributed by atoms with Gasteiger partial charge < -0.3 is 4.90 Å². The molecular formula is C23H45N3. The van der Waals surface area contributed by atoms with Gasteiger partial charge in [0.1, 0.15) is 0 Å². The Kier molecular flexibility index (Phi) is 6.73. The zero-order valence-electron chi connectivity index (χ0n) is 18.4. The highest BCUT2D eigenvalue weighted by atomic mass is 15.3. The van der Waals surface area contributed by atoms with Gasteiger partial charge in [0.2, 0.25) is 0 Å². The molecule has 0 N–H and O–H groups in total. The maximum absolute atomic E-state index is 2.81. The minimum atomic E-state index is 0.706. The Morgan fingerprint density at radius 3 is 1.85 bits per heavy atom. The molecule has 3 saturated heterocycles. The van der Waals surface area contributed by atoms with Crippen molar-refractivity contribution in [3.63, 3.8) is 0 Å². The Balaban J connectivity index is 0.000000948. The predicted octanol–water partition coefficient (Wildman–Crippen LogP) is 4.47. The second-order valence-electron chi connectivity index (χ2n) is 9.87. The summed E-state index contributed by atoms with van der Waals surface area (Å²) in [4.78, 5) is 8.24. The molecule has 3 heteroatoms. The summed E-state index contributed by atoms with van der Waals surface area (Å²) in [5, 5.41) is 0. The molecule has 0 radical (unpaired) electrons. The van der Waals surface area contributed by atoms with Crippen LogP contribution in [0.1, 0.15) is 79.6 Å². The Morgan fingerprint density at radius 1 is 0.846 bits per heavy atom. The Morgan fingerprint density at radius 2 is 1.38 bits per heavy atom. The monoisotopic (exact) mass is 363 g/mol. The van der Waals surface area contributed by atoms with Crippen LogP contribution in [-0.4, -0.2) is 72.6 Å². The zero-order valence-corrected chi connectivity index (χ0v) is 18.4. The summed E-state index contributed by atoms with van der Waals surface area (Å²) in [6.45, 7) is 20.6. The van der Waals surface area contributed by atoms with E-state index < -0.39 is 0 Å². The third kappa shape index (κ3) is 4.47. The first-order valence-electron chi connectivity index (χ1n) is 11.7. The first-order chi connectivity index (χ1) is 12.5. The van der Waals surface area contributed by atoms with Gasteiger partial charge in [0.15, 0.2) is 0 Å². The standard InChI is InChI=1S/C21H39N3.C2H6/c1-4-20(5-6-20)17-22-11-7-21(8-12-22)9-13-23(14-10-21)19-15-24(16-19)18(2)3;1-2/h18-19H,4-17H2,1-3H3;1-2H3. The quantitative estimate of drug-likeness (QED) is 0.713. The molecule has 4 fully saturated rings. The van der Waals surface area contributed by atoms with Gasteiger partial charge >= 0.3 is 0 Å². The highest BCUT2D eigenvalue weighted by molar-refractivity contribution is 4.99. The molecule has 0 aromatic heterocycles. The van der Waals surface area contributed by atoms with Gasteiger partial charge in [-0.1, -0.05) is 20.8 Å². The fraction of sp³-hybridized carbons (Fsp3) is 1.00. The third-order valence-electron chi connectivity index (χ3n) is 8.18. The zero-order chi connectivity index (χ0) is 18.8. The lowest BCUT2D eigenvalue weighted by molar-refractivity contribution is -0.0341. The van der Waals surface area contributed by atoms with Crippen LogP contribution >= 0.6 is 0 Å². The molecule has 0 atom stereocenters. The van der Waals surface area contributed by atoms with Crippen LogP contribution in [0.5, 0.6) is 0 Å². The summed E-state index contributed by atoms with van der Waals surface area (Å²) in [5.74, 6) is 0. The van der Waals surface area contributed by atoms with Crippen molar-refractivity contribution in [1.29, 1.82) is 0 Å². The SMILES string of the molecule is CC.CCC1(CN2CCC3(CC2)CCN(C2CN(C(C)C)C2)CC3)CC1. The molecule has 0 aromatic rings. The molecule has 26 heavy (non-hydrogen) atoms. The molecule has 152 valence electrons. The lowest BCUT2D eigenvalue weighted by atomic mass is 9.70. The average Bonchev–Trinajstić information content (AvgIpc) is 3.39. The number of hydrogen-bond acceptors (Lipinski definition) is 3. The van der Waals surface area contributed by atoms with E-state index >= 15 is 0 Å². The fourth-order valence-corrected chi connectivity index (χ4v) is 5.46. The van der Waals surface area contributed by atoms with Crippen LogP contribution in [0.2, 0.25) is 0 Å². The summed E-state index contributed by atoms with van der Waals surface area (Å²) in [6, 6.07) is 1.60. The molecule has 3 nitrogen and oxygen atoms in total. The third-order valence-corrected chi connectivity index (χ3v) is 8.18. The van der Waals surface area contributed by atoms with Crippen molar-refractivity contribution in [3.05, 3.63) is 0 Å². The van der Waals surface area contributed by atoms with Crippen LogP contribution in [-0.2, 0) is 0 Å². The largest absolute Gasteiger partial charge is 0.303 e. The van der Waals surface area contributed by atoms with E-state index in [1.54, 1.807) is 0 Å². The molecule has 4 rings (SSSR count).